The number of anilines is 1. The molecule has 1 amide bonds. The van der Waals surface area contributed by atoms with Crippen molar-refractivity contribution in [3.63, 3.8) is 0 Å². The Morgan fingerprint density at radius 1 is 1.02 bits per heavy atom. The van der Waals surface area contributed by atoms with Gasteiger partial charge in [0.1, 0.15) is 12.4 Å². The zero-order valence-corrected chi connectivity index (χ0v) is 22.5. The van der Waals surface area contributed by atoms with Gasteiger partial charge in [-0.2, -0.15) is 0 Å². The van der Waals surface area contributed by atoms with Crippen molar-refractivity contribution in [1.82, 2.24) is 10.3 Å². The van der Waals surface area contributed by atoms with Gasteiger partial charge in [0.25, 0.3) is 15.9 Å². The summed E-state index contributed by atoms with van der Waals surface area (Å²) in [6, 6.07) is 21.2. The van der Waals surface area contributed by atoms with Crippen molar-refractivity contribution in [2.75, 3.05) is 10.8 Å². The molecule has 0 spiro atoms. The number of aliphatic carboxylic acids is 1. The van der Waals surface area contributed by atoms with Gasteiger partial charge in [0.2, 0.25) is 0 Å². The van der Waals surface area contributed by atoms with Crippen LogP contribution in [0.4, 0.5) is 5.69 Å². The molecule has 1 heterocycles. The number of benzene rings is 4. The number of fused-ring (bicyclic) bond motifs is 2. The van der Waals surface area contributed by atoms with E-state index in [4.69, 9.17) is 11.1 Å². The zero-order valence-electron chi connectivity index (χ0n) is 20.9. The summed E-state index contributed by atoms with van der Waals surface area (Å²) in [6.07, 6.45) is 0. The summed E-state index contributed by atoms with van der Waals surface area (Å²) in [5.41, 5.74) is 9.54. The molecule has 40 heavy (non-hydrogen) atoms. The van der Waals surface area contributed by atoms with E-state index in [0.29, 0.717) is 27.4 Å². The van der Waals surface area contributed by atoms with Crippen LogP contribution in [0.15, 0.2) is 89.3 Å². The maximum absolute atomic E-state index is 13.6. The van der Waals surface area contributed by atoms with E-state index in [-0.39, 0.29) is 28.9 Å². The number of aromatic nitrogens is 1. The second-order valence-corrected chi connectivity index (χ2v) is 11.6. The highest BCUT2D eigenvalue weighted by Gasteiger charge is 2.28. The summed E-state index contributed by atoms with van der Waals surface area (Å²) in [4.78, 5) is 28.8. The van der Waals surface area contributed by atoms with Crippen LogP contribution in [0.25, 0.3) is 21.0 Å². The number of carboxylic acid groups (broad SMARTS) is 1. The van der Waals surface area contributed by atoms with Crippen LogP contribution in [-0.4, -0.2) is 42.8 Å². The highest BCUT2D eigenvalue weighted by atomic mass is 32.2. The van der Waals surface area contributed by atoms with Crippen LogP contribution in [0.5, 0.6) is 0 Å². The number of amides is 1. The van der Waals surface area contributed by atoms with Crippen LogP contribution < -0.4 is 15.4 Å². The molecule has 0 saturated heterocycles. The lowest BCUT2D eigenvalue weighted by Gasteiger charge is -2.23. The Kier molecular flexibility index (Phi) is 7.20. The van der Waals surface area contributed by atoms with E-state index in [1.807, 2.05) is 0 Å². The van der Waals surface area contributed by atoms with E-state index in [2.05, 4.69) is 10.3 Å². The topological polar surface area (TPSA) is 167 Å². The fourth-order valence-corrected chi connectivity index (χ4v) is 6.35. The Morgan fingerprint density at radius 3 is 2.52 bits per heavy atom. The Morgan fingerprint density at radius 2 is 1.80 bits per heavy atom. The number of hydrogen-bond donors (Lipinski definition) is 4. The van der Waals surface area contributed by atoms with E-state index >= 15 is 0 Å². The molecule has 202 valence electrons. The SMILES string of the molecule is N=C(N)c1ccc(CNC(=O)c2cccc3cc(N(CC(=O)O)S(=O)(=O)c4ccc5scnc5c4)ccc23)cc1. The highest BCUT2D eigenvalue weighted by Crippen LogP contribution is 2.30. The fraction of sp³-hybridized carbons (Fsp3) is 0.0714. The molecule has 12 heteroatoms. The first kappa shape index (κ1) is 26.8. The van der Waals surface area contributed by atoms with E-state index in [0.717, 1.165) is 14.6 Å². The first-order chi connectivity index (χ1) is 19.1. The number of thiazole rings is 1. The van der Waals surface area contributed by atoms with E-state index in [1.54, 1.807) is 66.2 Å². The highest BCUT2D eigenvalue weighted by molar-refractivity contribution is 7.92. The Balaban J connectivity index is 1.44. The molecule has 1 aromatic heterocycles. The van der Waals surface area contributed by atoms with Crippen molar-refractivity contribution in [2.24, 2.45) is 5.73 Å². The standard InChI is InChI=1S/C28H23N5O5S2/c29-27(30)18-6-4-17(5-7-18)14-31-28(36)23-3-1-2-19-12-20(8-10-22(19)23)33(15-26(34)35)40(37,38)21-9-11-25-24(13-21)32-16-39-25/h1-13,16H,14-15H2,(H3,29,30)(H,31,36)(H,34,35). The average Bonchev–Trinajstić information content (AvgIpc) is 3.42. The molecule has 0 atom stereocenters. The van der Waals surface area contributed by atoms with Crippen LogP contribution in [0, 0.1) is 5.41 Å². The van der Waals surface area contributed by atoms with Crippen LogP contribution in [0.3, 0.4) is 0 Å². The number of sulfonamides is 1. The lowest BCUT2D eigenvalue weighted by molar-refractivity contribution is -0.135. The summed E-state index contributed by atoms with van der Waals surface area (Å²) in [5.74, 6) is -1.69. The number of carboxylic acids is 1. The number of nitrogens with zero attached hydrogens (tertiary/aromatic N) is 2. The van der Waals surface area contributed by atoms with Crippen molar-refractivity contribution in [1.29, 1.82) is 5.41 Å². The molecule has 0 aliphatic heterocycles. The first-order valence-corrected chi connectivity index (χ1v) is 14.3. The number of rotatable bonds is 9. The van der Waals surface area contributed by atoms with Crippen molar-refractivity contribution >= 4 is 65.7 Å². The normalized spacial score (nSPS) is 11.4. The minimum absolute atomic E-state index is 0.0408. The number of nitrogens with two attached hydrogens (primary N) is 1. The van der Waals surface area contributed by atoms with Crippen LogP contribution >= 0.6 is 11.3 Å². The van der Waals surface area contributed by atoms with Gasteiger partial charge in [-0.25, -0.2) is 13.4 Å². The zero-order chi connectivity index (χ0) is 28.4. The molecule has 10 nitrogen and oxygen atoms in total. The number of nitrogen functional groups attached to an aromatic ring is 1. The van der Waals surface area contributed by atoms with Gasteiger partial charge < -0.3 is 16.2 Å². The van der Waals surface area contributed by atoms with Crippen molar-refractivity contribution < 1.29 is 23.1 Å². The van der Waals surface area contributed by atoms with Gasteiger partial charge in [-0.15, -0.1) is 11.3 Å². The van der Waals surface area contributed by atoms with Gasteiger partial charge >= 0.3 is 5.97 Å². The Labute approximate surface area is 233 Å². The summed E-state index contributed by atoms with van der Waals surface area (Å²) in [5, 5.41) is 21.0. The summed E-state index contributed by atoms with van der Waals surface area (Å²) in [6.45, 7) is -0.537. The quantitative estimate of drug-likeness (QED) is 0.153. The van der Waals surface area contributed by atoms with Crippen LogP contribution in [0.2, 0.25) is 0 Å². The second kappa shape index (κ2) is 10.8. The van der Waals surface area contributed by atoms with Gasteiger partial charge in [0, 0.05) is 17.7 Å². The van der Waals surface area contributed by atoms with Gasteiger partial charge in [-0.1, -0.05) is 42.5 Å². The summed E-state index contributed by atoms with van der Waals surface area (Å²) in [7, 11) is -4.24. The molecule has 0 aliphatic carbocycles. The number of amidine groups is 1. The summed E-state index contributed by atoms with van der Waals surface area (Å²) >= 11 is 1.37. The molecule has 5 N–H and O–H groups in total. The number of hydrogen-bond acceptors (Lipinski definition) is 7. The third kappa shape index (κ3) is 5.35. The van der Waals surface area contributed by atoms with Gasteiger partial charge in [0.05, 0.1) is 26.3 Å². The molecule has 0 bridgehead atoms. The van der Waals surface area contributed by atoms with Gasteiger partial charge in [-0.05, 0) is 52.7 Å². The third-order valence-corrected chi connectivity index (χ3v) is 8.86. The summed E-state index contributed by atoms with van der Waals surface area (Å²) < 4.78 is 28.8. The molecule has 0 aliphatic rings. The van der Waals surface area contributed by atoms with Crippen LogP contribution in [0.1, 0.15) is 21.5 Å². The smallest absolute Gasteiger partial charge is 0.324 e. The lowest BCUT2D eigenvalue weighted by atomic mass is 10.0. The average molecular weight is 574 g/mol. The van der Waals surface area contributed by atoms with Gasteiger partial charge in [-0.3, -0.25) is 19.3 Å². The van der Waals surface area contributed by atoms with E-state index < -0.39 is 22.5 Å². The number of nitrogens with one attached hydrogen (secondary N) is 2. The molecular formula is C28H23N5O5S2. The van der Waals surface area contributed by atoms with Crippen molar-refractivity contribution in [3.05, 3.63) is 101 Å². The monoisotopic (exact) mass is 573 g/mol. The molecule has 4 aromatic carbocycles. The number of carbonyl (C=O) groups is 2. The van der Waals surface area contributed by atoms with Crippen molar-refractivity contribution in [3.8, 4) is 0 Å². The molecule has 0 unspecified atom stereocenters. The number of carbonyl (C=O) groups excluding carboxylic acids is 1. The lowest BCUT2D eigenvalue weighted by Crippen LogP contribution is -2.35. The first-order valence-electron chi connectivity index (χ1n) is 12.0. The molecule has 5 aromatic rings. The largest absolute Gasteiger partial charge is 0.480 e. The van der Waals surface area contributed by atoms with Crippen LogP contribution in [-0.2, 0) is 21.4 Å². The van der Waals surface area contributed by atoms with Gasteiger partial charge in [0.15, 0.2) is 0 Å². The van der Waals surface area contributed by atoms with E-state index in [1.165, 1.54) is 29.5 Å². The second-order valence-electron chi connectivity index (χ2n) is 8.89. The third-order valence-electron chi connectivity index (χ3n) is 6.28. The molecular weight excluding hydrogens is 550 g/mol. The predicted molar refractivity (Wildman–Crippen MR) is 154 cm³/mol. The Hall–Kier alpha value is -4.81. The Bertz CT molecular complexity index is 1880. The van der Waals surface area contributed by atoms with Crippen molar-refractivity contribution in [2.45, 2.75) is 11.4 Å². The maximum Gasteiger partial charge on any atom is 0.324 e. The molecule has 0 fully saturated rings. The fourth-order valence-electron chi connectivity index (χ4n) is 4.27. The van der Waals surface area contributed by atoms with E-state index in [9.17, 15) is 23.1 Å². The molecule has 0 radical (unpaired) electrons. The maximum atomic E-state index is 13.6. The molecule has 5 rings (SSSR count). The minimum atomic E-state index is -4.24. The predicted octanol–water partition coefficient (Wildman–Crippen LogP) is 3.94. The minimum Gasteiger partial charge on any atom is -0.480 e. The molecule has 0 saturated carbocycles.